The Labute approximate surface area is 206 Å². The van der Waals surface area contributed by atoms with E-state index in [2.05, 4.69) is 15.6 Å². The summed E-state index contributed by atoms with van der Waals surface area (Å²) < 4.78 is 7.30. The second kappa shape index (κ2) is 10.9. The average Bonchev–Trinajstić information content (AvgIpc) is 2.84. The molecule has 0 unspecified atom stereocenters. The molecule has 0 atom stereocenters. The van der Waals surface area contributed by atoms with Crippen LogP contribution in [-0.4, -0.2) is 33.3 Å². The minimum absolute atomic E-state index is 0.0918. The summed E-state index contributed by atoms with van der Waals surface area (Å²) in [5, 5.41) is 5.68. The van der Waals surface area contributed by atoms with Gasteiger partial charge in [-0.1, -0.05) is 42.1 Å². The molecule has 4 rings (SSSR count). The molecule has 3 aromatic carbocycles. The van der Waals surface area contributed by atoms with Crippen LogP contribution in [0.25, 0.3) is 16.6 Å². The lowest BCUT2D eigenvalue weighted by Crippen LogP contribution is -2.43. The Kier molecular flexibility index (Phi) is 7.47. The van der Waals surface area contributed by atoms with E-state index in [0.29, 0.717) is 33.2 Å². The molecule has 9 heteroatoms. The first-order chi connectivity index (χ1) is 16.9. The van der Waals surface area contributed by atoms with Gasteiger partial charge in [-0.3, -0.25) is 19.5 Å². The van der Waals surface area contributed by atoms with Crippen molar-refractivity contribution in [1.29, 1.82) is 0 Å². The summed E-state index contributed by atoms with van der Waals surface area (Å²) in [4.78, 5) is 42.1. The molecule has 4 aromatic rings. The lowest BCUT2D eigenvalue weighted by molar-refractivity contribution is -0.117. The van der Waals surface area contributed by atoms with Gasteiger partial charge in [0.05, 0.1) is 22.3 Å². The third-order valence-corrected chi connectivity index (χ3v) is 5.76. The number of carbonyl (C=O) groups is 2. The van der Waals surface area contributed by atoms with E-state index < -0.39 is 11.9 Å². The van der Waals surface area contributed by atoms with Crippen LogP contribution in [0.3, 0.4) is 0 Å². The smallest absolute Gasteiger partial charge is 0.321 e. The van der Waals surface area contributed by atoms with Crippen LogP contribution in [0.2, 0.25) is 0 Å². The molecule has 1 heterocycles. The van der Waals surface area contributed by atoms with Crippen molar-refractivity contribution in [2.24, 2.45) is 0 Å². The predicted octanol–water partition coefficient (Wildman–Crippen LogP) is 4.50. The van der Waals surface area contributed by atoms with E-state index >= 15 is 0 Å². The normalized spacial score (nSPS) is 10.8. The van der Waals surface area contributed by atoms with Crippen molar-refractivity contribution in [3.8, 4) is 17.2 Å². The fourth-order valence-corrected chi connectivity index (χ4v) is 4.13. The molecule has 178 valence electrons. The van der Waals surface area contributed by atoms with Crippen molar-refractivity contribution in [3.05, 3.63) is 89.2 Å². The van der Waals surface area contributed by atoms with Gasteiger partial charge in [0.25, 0.3) is 5.56 Å². The first kappa shape index (κ1) is 24.0. The molecule has 0 aliphatic heterocycles. The Morgan fingerprint density at radius 1 is 0.943 bits per heavy atom. The number of benzene rings is 3. The molecule has 8 nitrogen and oxygen atoms in total. The quantitative estimate of drug-likeness (QED) is 0.293. The molecule has 0 spiro atoms. The molecular formula is C26H24N4O4S. The van der Waals surface area contributed by atoms with Crippen molar-refractivity contribution >= 4 is 34.6 Å². The van der Waals surface area contributed by atoms with Crippen LogP contribution in [0, 0.1) is 0 Å². The number of aromatic nitrogens is 2. The maximum absolute atomic E-state index is 13.4. The Bertz CT molecular complexity index is 1400. The van der Waals surface area contributed by atoms with Crippen molar-refractivity contribution < 1.29 is 14.3 Å². The number of thioether (sulfide) groups is 1. The van der Waals surface area contributed by atoms with Crippen LogP contribution in [0.15, 0.2) is 88.8 Å². The van der Waals surface area contributed by atoms with Gasteiger partial charge >= 0.3 is 6.03 Å². The summed E-state index contributed by atoms with van der Waals surface area (Å²) in [5.74, 6) is 0.736. The van der Waals surface area contributed by atoms with E-state index in [4.69, 9.17) is 4.74 Å². The number of amides is 3. The van der Waals surface area contributed by atoms with Crippen molar-refractivity contribution in [2.75, 3.05) is 5.75 Å². The fraction of sp³-hybridized carbons (Fsp3) is 0.154. The predicted molar refractivity (Wildman–Crippen MR) is 136 cm³/mol. The highest BCUT2D eigenvalue weighted by Gasteiger charge is 2.16. The Morgan fingerprint density at radius 2 is 1.60 bits per heavy atom. The summed E-state index contributed by atoms with van der Waals surface area (Å²) in [5.41, 5.74) is 0.847. The number of rotatable bonds is 7. The van der Waals surface area contributed by atoms with Gasteiger partial charge in [-0.15, -0.1) is 0 Å². The Balaban J connectivity index is 1.62. The number of imide groups is 1. The Hall–Kier alpha value is -4.11. The molecule has 0 aliphatic rings. The first-order valence-electron chi connectivity index (χ1n) is 11.0. The second-order valence-corrected chi connectivity index (χ2v) is 8.87. The van der Waals surface area contributed by atoms with Gasteiger partial charge in [-0.25, -0.2) is 9.78 Å². The topological polar surface area (TPSA) is 102 Å². The number of hydrogen-bond acceptors (Lipinski definition) is 6. The molecule has 2 N–H and O–H groups in total. The molecule has 0 bridgehead atoms. The largest absolute Gasteiger partial charge is 0.457 e. The van der Waals surface area contributed by atoms with Gasteiger partial charge in [0.1, 0.15) is 11.5 Å². The van der Waals surface area contributed by atoms with Gasteiger partial charge in [0.2, 0.25) is 5.91 Å². The van der Waals surface area contributed by atoms with Gasteiger partial charge in [0, 0.05) is 6.04 Å². The zero-order chi connectivity index (χ0) is 24.8. The number of ether oxygens (including phenoxy) is 1. The lowest BCUT2D eigenvalue weighted by Gasteiger charge is -2.14. The third kappa shape index (κ3) is 6.07. The number of fused-ring (bicyclic) bond motifs is 1. The first-order valence-corrected chi connectivity index (χ1v) is 12.0. The van der Waals surface area contributed by atoms with Crippen molar-refractivity contribution in [3.63, 3.8) is 0 Å². The van der Waals surface area contributed by atoms with Gasteiger partial charge in [-0.05, 0) is 62.4 Å². The molecule has 3 amide bonds. The van der Waals surface area contributed by atoms with Crippen LogP contribution in [0.5, 0.6) is 11.5 Å². The van der Waals surface area contributed by atoms with E-state index in [1.807, 2.05) is 30.3 Å². The van der Waals surface area contributed by atoms with E-state index in [1.54, 1.807) is 62.4 Å². The molecule has 0 radical (unpaired) electrons. The zero-order valence-corrected chi connectivity index (χ0v) is 20.0. The summed E-state index contributed by atoms with van der Waals surface area (Å²) >= 11 is 1.08. The Morgan fingerprint density at radius 3 is 2.31 bits per heavy atom. The maximum Gasteiger partial charge on any atom is 0.321 e. The monoisotopic (exact) mass is 488 g/mol. The third-order valence-electron chi connectivity index (χ3n) is 4.82. The molecule has 0 fully saturated rings. The van der Waals surface area contributed by atoms with Gasteiger partial charge in [-0.2, -0.15) is 0 Å². The summed E-state index contributed by atoms with van der Waals surface area (Å²) in [6.07, 6.45) is 0. The van der Waals surface area contributed by atoms with E-state index in [1.165, 1.54) is 4.57 Å². The number of hydrogen-bond donors (Lipinski definition) is 2. The molecular weight excluding hydrogens is 464 g/mol. The fourth-order valence-electron chi connectivity index (χ4n) is 3.32. The van der Waals surface area contributed by atoms with Crippen LogP contribution in [0.4, 0.5) is 4.79 Å². The van der Waals surface area contributed by atoms with E-state index in [9.17, 15) is 14.4 Å². The van der Waals surface area contributed by atoms with E-state index in [0.717, 1.165) is 11.8 Å². The molecule has 0 saturated carbocycles. The zero-order valence-electron chi connectivity index (χ0n) is 19.2. The molecule has 0 aliphatic carbocycles. The average molecular weight is 489 g/mol. The molecule has 35 heavy (non-hydrogen) atoms. The number of nitrogens with zero attached hydrogens (tertiary/aromatic N) is 2. The lowest BCUT2D eigenvalue weighted by atomic mass is 10.2. The van der Waals surface area contributed by atoms with Crippen LogP contribution in [-0.2, 0) is 4.79 Å². The summed E-state index contributed by atoms with van der Waals surface area (Å²) in [6.45, 7) is 3.60. The van der Waals surface area contributed by atoms with Crippen molar-refractivity contribution in [2.45, 2.75) is 25.0 Å². The number of urea groups is 1. The summed E-state index contributed by atoms with van der Waals surface area (Å²) in [7, 11) is 0. The maximum atomic E-state index is 13.4. The van der Waals surface area contributed by atoms with Crippen molar-refractivity contribution in [1.82, 2.24) is 20.2 Å². The van der Waals surface area contributed by atoms with Gasteiger partial charge in [0.15, 0.2) is 5.16 Å². The van der Waals surface area contributed by atoms with Crippen LogP contribution >= 0.6 is 11.8 Å². The number of para-hydroxylation sites is 2. The minimum Gasteiger partial charge on any atom is -0.457 e. The van der Waals surface area contributed by atoms with Gasteiger partial charge < -0.3 is 10.1 Å². The highest BCUT2D eigenvalue weighted by molar-refractivity contribution is 7.99. The number of carbonyl (C=O) groups excluding carboxylic acids is 2. The highest BCUT2D eigenvalue weighted by Crippen LogP contribution is 2.25. The highest BCUT2D eigenvalue weighted by atomic mass is 32.2. The molecule has 1 aromatic heterocycles. The summed E-state index contributed by atoms with van der Waals surface area (Å²) in [6, 6.07) is 22.8. The van der Waals surface area contributed by atoms with E-state index in [-0.39, 0.29) is 17.4 Å². The standard InChI is InChI=1S/C26H24N4O4S/c1-17(2)27-25(33)29-23(31)16-35-26-28-22-11-7-6-10-21(22)24(32)30(26)18-12-14-20(15-13-18)34-19-8-4-3-5-9-19/h3-15,17H,16H2,1-2H3,(H2,27,29,31,33). The SMILES string of the molecule is CC(C)NC(=O)NC(=O)CSc1nc2ccccc2c(=O)n1-c1ccc(Oc2ccccc2)cc1. The number of nitrogens with one attached hydrogen (secondary N) is 2. The second-order valence-electron chi connectivity index (χ2n) is 7.93. The minimum atomic E-state index is -0.566. The molecule has 0 saturated heterocycles. The van der Waals surface area contributed by atoms with Crippen LogP contribution < -0.4 is 20.9 Å². The van der Waals surface area contributed by atoms with Crippen LogP contribution in [0.1, 0.15) is 13.8 Å².